The van der Waals surface area contributed by atoms with E-state index in [2.05, 4.69) is 12.2 Å². The van der Waals surface area contributed by atoms with Gasteiger partial charge in [-0.1, -0.05) is 30.4 Å². The third-order valence-corrected chi connectivity index (χ3v) is 5.43. The molecule has 1 unspecified atom stereocenters. The number of amides is 1. The number of aryl methyl sites for hydroxylation is 1. The minimum Gasteiger partial charge on any atom is -0.478 e. The summed E-state index contributed by atoms with van der Waals surface area (Å²) < 4.78 is 0. The summed E-state index contributed by atoms with van der Waals surface area (Å²) in [7, 11) is 0. The summed E-state index contributed by atoms with van der Waals surface area (Å²) in [6.45, 7) is 1.70. The summed E-state index contributed by atoms with van der Waals surface area (Å²) in [5.74, 6) is -0.771. The van der Waals surface area contributed by atoms with Crippen LogP contribution in [-0.4, -0.2) is 35.0 Å². The van der Waals surface area contributed by atoms with E-state index in [0.29, 0.717) is 18.4 Å². The van der Waals surface area contributed by atoms with E-state index in [4.69, 9.17) is 0 Å². The van der Waals surface area contributed by atoms with Crippen LogP contribution in [0, 0.1) is 5.41 Å². The average molecular weight is 327 g/mol. The van der Waals surface area contributed by atoms with Gasteiger partial charge < -0.3 is 10.0 Å². The lowest BCUT2D eigenvalue weighted by Gasteiger charge is -2.44. The third-order valence-electron chi connectivity index (χ3n) is 5.43. The zero-order chi connectivity index (χ0) is 17.0. The average Bonchev–Trinajstić information content (AvgIpc) is 2.60. The number of benzene rings is 1. The summed E-state index contributed by atoms with van der Waals surface area (Å²) in [6.07, 6.45) is 11.0. The van der Waals surface area contributed by atoms with Crippen molar-refractivity contribution in [2.75, 3.05) is 13.1 Å². The van der Waals surface area contributed by atoms with E-state index in [1.807, 2.05) is 11.0 Å². The molecule has 1 N–H and O–H groups in total. The van der Waals surface area contributed by atoms with Crippen LogP contribution in [0.4, 0.5) is 0 Å². The number of likely N-dealkylation sites (tertiary alicyclic amines) is 1. The van der Waals surface area contributed by atoms with Crippen LogP contribution in [0.5, 0.6) is 0 Å². The topological polar surface area (TPSA) is 57.6 Å². The SMILES string of the molecule is O=C(O)c1ccccc1CCC(=O)N1CCCC2(CC=CCC2)C1. The molecule has 1 aliphatic carbocycles. The lowest BCUT2D eigenvalue weighted by molar-refractivity contribution is -0.134. The molecule has 3 rings (SSSR count). The molecule has 2 aliphatic rings. The van der Waals surface area contributed by atoms with Gasteiger partial charge in [-0.2, -0.15) is 0 Å². The van der Waals surface area contributed by atoms with Gasteiger partial charge in [0.1, 0.15) is 0 Å². The number of aromatic carboxylic acids is 1. The fourth-order valence-electron chi connectivity index (χ4n) is 4.08. The molecule has 1 aromatic rings. The molecule has 0 radical (unpaired) electrons. The van der Waals surface area contributed by atoms with Gasteiger partial charge >= 0.3 is 5.97 Å². The zero-order valence-electron chi connectivity index (χ0n) is 14.0. The molecule has 4 heteroatoms. The van der Waals surface area contributed by atoms with Crippen molar-refractivity contribution in [1.82, 2.24) is 4.90 Å². The Bertz CT molecular complexity index is 652. The predicted molar refractivity (Wildman–Crippen MR) is 93.0 cm³/mol. The maximum absolute atomic E-state index is 12.6. The maximum atomic E-state index is 12.6. The molecule has 128 valence electrons. The molecule has 1 heterocycles. The van der Waals surface area contributed by atoms with Crippen LogP contribution in [0.1, 0.15) is 54.4 Å². The van der Waals surface area contributed by atoms with Gasteiger partial charge in [-0.15, -0.1) is 0 Å². The number of hydrogen-bond donors (Lipinski definition) is 1. The molecule has 1 saturated heterocycles. The number of carbonyl (C=O) groups excluding carboxylic acids is 1. The van der Waals surface area contributed by atoms with E-state index >= 15 is 0 Å². The highest BCUT2D eigenvalue weighted by molar-refractivity contribution is 5.89. The van der Waals surface area contributed by atoms with Crippen LogP contribution >= 0.6 is 0 Å². The van der Waals surface area contributed by atoms with Crippen LogP contribution in [0.15, 0.2) is 36.4 Å². The minimum atomic E-state index is -0.927. The first kappa shape index (κ1) is 16.7. The Balaban J connectivity index is 1.61. The van der Waals surface area contributed by atoms with Gasteiger partial charge in [-0.25, -0.2) is 4.79 Å². The minimum absolute atomic E-state index is 0.156. The first-order valence-corrected chi connectivity index (χ1v) is 8.84. The van der Waals surface area contributed by atoms with Crippen molar-refractivity contribution >= 4 is 11.9 Å². The van der Waals surface area contributed by atoms with E-state index in [9.17, 15) is 14.7 Å². The monoisotopic (exact) mass is 327 g/mol. The normalized spacial score (nSPS) is 23.4. The lowest BCUT2D eigenvalue weighted by Crippen LogP contribution is -2.46. The summed E-state index contributed by atoms with van der Waals surface area (Å²) in [6, 6.07) is 6.96. The number of rotatable bonds is 4. The fourth-order valence-corrected chi connectivity index (χ4v) is 4.08. The molecule has 4 nitrogen and oxygen atoms in total. The van der Waals surface area contributed by atoms with Crippen LogP contribution in [-0.2, 0) is 11.2 Å². The Labute approximate surface area is 143 Å². The van der Waals surface area contributed by atoms with Crippen LogP contribution in [0.3, 0.4) is 0 Å². The highest BCUT2D eigenvalue weighted by Crippen LogP contribution is 2.40. The second kappa shape index (κ2) is 7.20. The molecule has 0 saturated carbocycles. The molecule has 0 aromatic heterocycles. The van der Waals surface area contributed by atoms with E-state index < -0.39 is 5.97 Å². The van der Waals surface area contributed by atoms with E-state index in [1.54, 1.807) is 18.2 Å². The maximum Gasteiger partial charge on any atom is 0.335 e. The molecular weight excluding hydrogens is 302 g/mol. The van der Waals surface area contributed by atoms with Crippen LogP contribution in [0.25, 0.3) is 0 Å². The van der Waals surface area contributed by atoms with Crippen molar-refractivity contribution in [3.05, 3.63) is 47.5 Å². The van der Waals surface area contributed by atoms with Crippen molar-refractivity contribution in [2.24, 2.45) is 5.41 Å². The Morgan fingerprint density at radius 3 is 2.75 bits per heavy atom. The number of hydrogen-bond acceptors (Lipinski definition) is 2. The largest absolute Gasteiger partial charge is 0.478 e. The summed E-state index contributed by atoms with van der Waals surface area (Å²) in [5, 5.41) is 9.24. The molecule has 1 fully saturated rings. The van der Waals surface area contributed by atoms with Crippen molar-refractivity contribution < 1.29 is 14.7 Å². The lowest BCUT2D eigenvalue weighted by atomic mass is 9.71. The second-order valence-corrected chi connectivity index (χ2v) is 7.10. The van der Waals surface area contributed by atoms with Crippen molar-refractivity contribution in [3.63, 3.8) is 0 Å². The first-order chi connectivity index (χ1) is 11.6. The Morgan fingerprint density at radius 2 is 2.00 bits per heavy atom. The van der Waals surface area contributed by atoms with Crippen molar-refractivity contribution in [3.8, 4) is 0 Å². The first-order valence-electron chi connectivity index (χ1n) is 8.84. The quantitative estimate of drug-likeness (QED) is 0.859. The van der Waals surface area contributed by atoms with Gasteiger partial charge in [-0.3, -0.25) is 4.79 Å². The summed E-state index contributed by atoms with van der Waals surface area (Å²) in [5.41, 5.74) is 1.32. The fraction of sp³-hybridized carbons (Fsp3) is 0.500. The Kier molecular flexibility index (Phi) is 5.03. The molecule has 24 heavy (non-hydrogen) atoms. The van der Waals surface area contributed by atoms with E-state index in [0.717, 1.165) is 37.9 Å². The van der Waals surface area contributed by atoms with E-state index in [-0.39, 0.29) is 11.3 Å². The number of carboxylic acid groups (broad SMARTS) is 1. The second-order valence-electron chi connectivity index (χ2n) is 7.10. The summed E-state index contributed by atoms with van der Waals surface area (Å²) in [4.78, 5) is 25.9. The number of carbonyl (C=O) groups is 2. The zero-order valence-corrected chi connectivity index (χ0v) is 14.0. The number of carboxylic acids is 1. The molecule has 1 aromatic carbocycles. The van der Waals surface area contributed by atoms with Gasteiger partial charge in [0.25, 0.3) is 0 Å². The molecule has 0 bridgehead atoms. The predicted octanol–water partition coefficient (Wildman–Crippen LogP) is 3.67. The highest BCUT2D eigenvalue weighted by atomic mass is 16.4. The van der Waals surface area contributed by atoms with Gasteiger partial charge in [-0.05, 0) is 55.6 Å². The van der Waals surface area contributed by atoms with Crippen LogP contribution < -0.4 is 0 Å². The molecular formula is C20H25NO3. The number of nitrogens with zero attached hydrogens (tertiary/aromatic N) is 1. The number of allylic oxidation sites excluding steroid dienone is 2. The molecule has 1 spiro atoms. The molecule has 1 amide bonds. The summed E-state index contributed by atoms with van der Waals surface area (Å²) >= 11 is 0. The highest BCUT2D eigenvalue weighted by Gasteiger charge is 2.36. The Hall–Kier alpha value is -2.10. The van der Waals surface area contributed by atoms with E-state index in [1.165, 1.54) is 12.8 Å². The van der Waals surface area contributed by atoms with Crippen LogP contribution in [0.2, 0.25) is 0 Å². The standard InChI is InChI=1S/C20H25NO3/c22-18(10-9-16-7-2-3-8-17(16)19(23)24)21-14-6-13-20(15-21)11-4-1-5-12-20/h1-4,7-8H,5-6,9-15H2,(H,23,24). The smallest absolute Gasteiger partial charge is 0.335 e. The van der Waals surface area contributed by atoms with Gasteiger partial charge in [0.05, 0.1) is 5.56 Å². The van der Waals surface area contributed by atoms with Gasteiger partial charge in [0.15, 0.2) is 0 Å². The van der Waals surface area contributed by atoms with Gasteiger partial charge in [0.2, 0.25) is 5.91 Å². The van der Waals surface area contributed by atoms with Crippen molar-refractivity contribution in [1.29, 1.82) is 0 Å². The Morgan fingerprint density at radius 1 is 1.17 bits per heavy atom. The van der Waals surface area contributed by atoms with Crippen molar-refractivity contribution in [2.45, 2.75) is 44.9 Å². The number of piperidine rings is 1. The molecule has 1 aliphatic heterocycles. The third kappa shape index (κ3) is 3.69. The molecule has 1 atom stereocenters. The van der Waals surface area contributed by atoms with Gasteiger partial charge in [0, 0.05) is 19.5 Å².